The van der Waals surface area contributed by atoms with E-state index < -0.39 is 0 Å². The topological polar surface area (TPSA) is 42.4 Å². The van der Waals surface area contributed by atoms with Gasteiger partial charge in [-0.1, -0.05) is 23.5 Å². The normalized spacial score (nSPS) is 17.5. The number of amides is 1. The predicted molar refractivity (Wildman–Crippen MR) is 99.3 cm³/mol. The zero-order chi connectivity index (χ0) is 16.5. The Bertz CT molecular complexity index is 832. The Kier molecular flexibility index (Phi) is 4.35. The molecule has 0 spiro atoms. The van der Waals surface area contributed by atoms with Crippen molar-refractivity contribution in [2.75, 3.05) is 18.1 Å². The SMILES string of the molecule is Cc1ccsc1C(=O)N(C[C@@H]1CCCO1)c1nc2ccccc2s1. The third-order valence-corrected chi connectivity index (χ3v) is 6.29. The van der Waals surface area contributed by atoms with Crippen LogP contribution in [0.2, 0.25) is 0 Å². The first-order chi connectivity index (χ1) is 11.7. The lowest BCUT2D eigenvalue weighted by Crippen LogP contribution is -2.37. The zero-order valence-electron chi connectivity index (χ0n) is 13.4. The number of thiophene rings is 1. The Morgan fingerprint density at radius 3 is 2.96 bits per heavy atom. The average molecular weight is 358 g/mol. The highest BCUT2D eigenvalue weighted by Gasteiger charge is 2.28. The minimum Gasteiger partial charge on any atom is -0.376 e. The second kappa shape index (κ2) is 6.63. The van der Waals surface area contributed by atoms with Crippen molar-refractivity contribution >= 4 is 43.9 Å². The number of rotatable bonds is 4. The molecular formula is C18H18N2O2S2. The van der Waals surface area contributed by atoms with Crippen LogP contribution in [0.5, 0.6) is 0 Å². The molecule has 1 saturated heterocycles. The lowest BCUT2D eigenvalue weighted by atomic mass is 10.2. The molecule has 0 saturated carbocycles. The largest absolute Gasteiger partial charge is 0.376 e. The minimum absolute atomic E-state index is 0.0251. The van der Waals surface area contributed by atoms with Gasteiger partial charge in [0, 0.05) is 6.61 Å². The van der Waals surface area contributed by atoms with E-state index in [1.807, 2.05) is 42.6 Å². The number of carbonyl (C=O) groups excluding carboxylic acids is 1. The van der Waals surface area contributed by atoms with Crippen LogP contribution < -0.4 is 4.90 Å². The molecule has 124 valence electrons. The van der Waals surface area contributed by atoms with Crippen molar-refractivity contribution in [1.82, 2.24) is 4.98 Å². The Morgan fingerprint density at radius 2 is 2.25 bits per heavy atom. The number of nitrogens with zero attached hydrogens (tertiary/aromatic N) is 2. The van der Waals surface area contributed by atoms with Crippen LogP contribution in [0.15, 0.2) is 35.7 Å². The van der Waals surface area contributed by atoms with Crippen LogP contribution in [0, 0.1) is 6.92 Å². The van der Waals surface area contributed by atoms with Crippen molar-refractivity contribution in [1.29, 1.82) is 0 Å². The van der Waals surface area contributed by atoms with Gasteiger partial charge < -0.3 is 4.74 Å². The van der Waals surface area contributed by atoms with Gasteiger partial charge in [0.25, 0.3) is 5.91 Å². The van der Waals surface area contributed by atoms with E-state index in [9.17, 15) is 4.79 Å². The maximum absolute atomic E-state index is 13.1. The highest BCUT2D eigenvalue weighted by Crippen LogP contribution is 2.31. The molecule has 1 atom stereocenters. The van der Waals surface area contributed by atoms with Crippen molar-refractivity contribution in [2.45, 2.75) is 25.9 Å². The number of hydrogen-bond donors (Lipinski definition) is 0. The van der Waals surface area contributed by atoms with Gasteiger partial charge in [0.15, 0.2) is 5.13 Å². The first kappa shape index (κ1) is 15.7. The molecule has 0 aliphatic carbocycles. The maximum atomic E-state index is 13.1. The van der Waals surface area contributed by atoms with Crippen molar-refractivity contribution < 1.29 is 9.53 Å². The number of thiazole rings is 1. The molecule has 3 aromatic rings. The summed E-state index contributed by atoms with van der Waals surface area (Å²) in [6, 6.07) is 9.99. The fraction of sp³-hybridized carbons (Fsp3) is 0.333. The molecule has 2 aromatic heterocycles. The number of aryl methyl sites for hydroxylation is 1. The second-order valence-electron chi connectivity index (χ2n) is 5.95. The van der Waals surface area contributed by atoms with Gasteiger partial charge in [-0.15, -0.1) is 11.3 Å². The summed E-state index contributed by atoms with van der Waals surface area (Å²) in [6.07, 6.45) is 2.16. The summed E-state index contributed by atoms with van der Waals surface area (Å²) in [6.45, 7) is 3.33. The zero-order valence-corrected chi connectivity index (χ0v) is 15.0. The van der Waals surface area contributed by atoms with E-state index in [0.717, 1.165) is 45.2 Å². The lowest BCUT2D eigenvalue weighted by molar-refractivity contribution is 0.0920. The molecule has 1 amide bonds. The van der Waals surface area contributed by atoms with E-state index in [0.29, 0.717) is 6.54 Å². The van der Waals surface area contributed by atoms with Crippen LogP contribution in [-0.4, -0.2) is 30.1 Å². The van der Waals surface area contributed by atoms with Crippen LogP contribution in [0.25, 0.3) is 10.2 Å². The van der Waals surface area contributed by atoms with Crippen LogP contribution >= 0.6 is 22.7 Å². The Hall–Kier alpha value is -1.76. The molecule has 0 N–H and O–H groups in total. The van der Waals surface area contributed by atoms with Gasteiger partial charge in [-0.2, -0.15) is 0 Å². The number of ether oxygens (including phenoxy) is 1. The number of hydrogen-bond acceptors (Lipinski definition) is 5. The van der Waals surface area contributed by atoms with Gasteiger partial charge >= 0.3 is 0 Å². The summed E-state index contributed by atoms with van der Waals surface area (Å²) in [7, 11) is 0. The Labute approximate surface area is 148 Å². The third kappa shape index (κ3) is 2.97. The number of aromatic nitrogens is 1. The molecular weight excluding hydrogens is 340 g/mol. The fourth-order valence-corrected chi connectivity index (χ4v) is 4.78. The number of anilines is 1. The third-order valence-electron chi connectivity index (χ3n) is 4.23. The van der Waals surface area contributed by atoms with E-state index in [-0.39, 0.29) is 12.0 Å². The standard InChI is InChI=1S/C18H18N2O2S2/c1-12-8-10-23-16(12)17(21)20(11-13-5-4-9-22-13)18-19-14-6-2-3-7-15(14)24-18/h2-3,6-8,10,13H,4-5,9,11H2,1H3/t13-/m0/s1. The second-order valence-corrected chi connectivity index (χ2v) is 7.87. The number of benzene rings is 1. The number of carbonyl (C=O) groups is 1. The van der Waals surface area contributed by atoms with Crippen LogP contribution in [0.4, 0.5) is 5.13 Å². The smallest absolute Gasteiger partial charge is 0.270 e. The minimum atomic E-state index is 0.0251. The van der Waals surface area contributed by atoms with Gasteiger partial charge in [0.05, 0.1) is 27.7 Å². The molecule has 0 unspecified atom stereocenters. The fourth-order valence-electron chi connectivity index (χ4n) is 2.93. The first-order valence-electron chi connectivity index (χ1n) is 8.05. The van der Waals surface area contributed by atoms with Crippen molar-refractivity contribution in [2.24, 2.45) is 0 Å². The van der Waals surface area contributed by atoms with Crippen LogP contribution in [0.1, 0.15) is 28.1 Å². The molecule has 1 aliphatic heterocycles. The van der Waals surface area contributed by atoms with E-state index in [1.54, 1.807) is 16.2 Å². The summed E-state index contributed by atoms with van der Waals surface area (Å²) in [5, 5.41) is 2.72. The van der Waals surface area contributed by atoms with Crippen LogP contribution in [-0.2, 0) is 4.74 Å². The Morgan fingerprint density at radius 1 is 1.38 bits per heavy atom. The lowest BCUT2D eigenvalue weighted by Gasteiger charge is -2.22. The monoisotopic (exact) mass is 358 g/mol. The molecule has 0 bridgehead atoms. The molecule has 1 aliphatic rings. The highest BCUT2D eigenvalue weighted by atomic mass is 32.1. The quantitative estimate of drug-likeness (QED) is 0.690. The first-order valence-corrected chi connectivity index (χ1v) is 9.75. The van der Waals surface area contributed by atoms with Gasteiger partial charge in [0.2, 0.25) is 0 Å². The summed E-state index contributed by atoms with van der Waals surface area (Å²) in [5.41, 5.74) is 1.95. The maximum Gasteiger partial charge on any atom is 0.270 e. The average Bonchev–Trinajstić information content (AvgIpc) is 3.32. The highest BCUT2D eigenvalue weighted by molar-refractivity contribution is 7.22. The van der Waals surface area contributed by atoms with Crippen molar-refractivity contribution in [3.63, 3.8) is 0 Å². The van der Waals surface area contributed by atoms with Crippen LogP contribution in [0.3, 0.4) is 0 Å². The molecule has 3 heterocycles. The van der Waals surface area contributed by atoms with Crippen molar-refractivity contribution in [3.05, 3.63) is 46.2 Å². The van der Waals surface area contributed by atoms with Gasteiger partial charge in [-0.05, 0) is 48.9 Å². The number of para-hydroxylation sites is 1. The van der Waals surface area contributed by atoms with E-state index >= 15 is 0 Å². The van der Waals surface area contributed by atoms with E-state index in [4.69, 9.17) is 4.74 Å². The molecule has 6 heteroatoms. The number of fused-ring (bicyclic) bond motifs is 1. The van der Waals surface area contributed by atoms with Gasteiger partial charge in [-0.25, -0.2) is 4.98 Å². The van der Waals surface area contributed by atoms with E-state index in [2.05, 4.69) is 4.98 Å². The predicted octanol–water partition coefficient (Wildman–Crippen LogP) is 4.49. The molecule has 24 heavy (non-hydrogen) atoms. The van der Waals surface area contributed by atoms with Gasteiger partial charge in [0.1, 0.15) is 0 Å². The summed E-state index contributed by atoms with van der Waals surface area (Å²) >= 11 is 3.05. The molecule has 0 radical (unpaired) electrons. The summed E-state index contributed by atoms with van der Waals surface area (Å²) < 4.78 is 6.86. The van der Waals surface area contributed by atoms with Crippen molar-refractivity contribution in [3.8, 4) is 0 Å². The summed E-state index contributed by atoms with van der Waals surface area (Å²) in [5.74, 6) is 0.0251. The molecule has 4 nitrogen and oxygen atoms in total. The summed E-state index contributed by atoms with van der Waals surface area (Å²) in [4.78, 5) is 20.4. The van der Waals surface area contributed by atoms with E-state index in [1.165, 1.54) is 11.3 Å². The molecule has 1 aromatic carbocycles. The Balaban J connectivity index is 1.71. The van der Waals surface area contributed by atoms with Gasteiger partial charge in [-0.3, -0.25) is 9.69 Å². The molecule has 4 rings (SSSR count). The molecule has 1 fully saturated rings.